The molecule has 3 aromatic rings. The Bertz CT molecular complexity index is 1280. The van der Waals surface area contributed by atoms with Crippen molar-refractivity contribution in [3.05, 3.63) is 69.1 Å². The van der Waals surface area contributed by atoms with Crippen molar-refractivity contribution >= 4 is 16.9 Å². The van der Waals surface area contributed by atoms with Crippen LogP contribution in [0.25, 0.3) is 11.0 Å². The average Bonchev–Trinajstić information content (AvgIpc) is 3.02. The Hall–Kier alpha value is -3.36. The number of nitrogens with zero attached hydrogens (tertiary/aromatic N) is 2. The number of para-hydroxylation sites is 1. The summed E-state index contributed by atoms with van der Waals surface area (Å²) in [4.78, 5) is 30.5. The van der Waals surface area contributed by atoms with E-state index in [0.29, 0.717) is 41.0 Å². The molecule has 0 bridgehead atoms. The second kappa shape index (κ2) is 8.53. The van der Waals surface area contributed by atoms with E-state index in [1.807, 2.05) is 32.0 Å². The van der Waals surface area contributed by atoms with E-state index in [0.717, 1.165) is 5.56 Å². The lowest BCUT2D eigenvalue weighted by molar-refractivity contribution is -0.0514. The van der Waals surface area contributed by atoms with Crippen molar-refractivity contribution in [1.82, 2.24) is 9.80 Å². The summed E-state index contributed by atoms with van der Waals surface area (Å²) in [6.07, 6.45) is 0.592. The van der Waals surface area contributed by atoms with Crippen LogP contribution in [0.4, 0.5) is 0 Å². The topological polar surface area (TPSA) is 92.5 Å². The first-order valence-electron chi connectivity index (χ1n) is 10.7. The number of fused-ring (bicyclic) bond motifs is 2. The number of carbonyl (C=O) groups is 1. The Kier molecular flexibility index (Phi) is 5.90. The van der Waals surface area contributed by atoms with Gasteiger partial charge in [-0.25, -0.2) is 0 Å². The first kappa shape index (κ1) is 22.8. The van der Waals surface area contributed by atoms with Gasteiger partial charge in [-0.1, -0.05) is 12.1 Å². The zero-order chi connectivity index (χ0) is 23.9. The number of ether oxygens (including phenoxy) is 2. The molecule has 2 aromatic carbocycles. The SMILES string of the molecule is COc1ccc(C2(O)c3c(oc4c(C)cccc4c3=O)C(=O)N2CCCN(C)C)cc1OC. The van der Waals surface area contributed by atoms with Crippen molar-refractivity contribution in [3.63, 3.8) is 0 Å². The third-order valence-electron chi connectivity index (χ3n) is 6.07. The maximum Gasteiger partial charge on any atom is 0.293 e. The van der Waals surface area contributed by atoms with Crippen LogP contribution in [-0.4, -0.2) is 62.2 Å². The second-order valence-corrected chi connectivity index (χ2v) is 8.44. The number of aliphatic hydroxyl groups is 1. The molecular weight excluding hydrogens is 424 g/mol. The highest BCUT2D eigenvalue weighted by molar-refractivity contribution is 6.00. The van der Waals surface area contributed by atoms with Crippen molar-refractivity contribution < 1.29 is 23.8 Å². The molecule has 0 fully saturated rings. The van der Waals surface area contributed by atoms with Gasteiger partial charge in [0.2, 0.25) is 16.9 Å². The molecule has 0 saturated heterocycles. The molecule has 0 spiro atoms. The van der Waals surface area contributed by atoms with Crippen LogP contribution in [0.5, 0.6) is 11.5 Å². The monoisotopic (exact) mass is 452 g/mol. The van der Waals surface area contributed by atoms with Gasteiger partial charge in [-0.05, 0) is 63.8 Å². The largest absolute Gasteiger partial charge is 0.493 e. The van der Waals surface area contributed by atoms with E-state index < -0.39 is 17.1 Å². The van der Waals surface area contributed by atoms with Gasteiger partial charge in [-0.15, -0.1) is 0 Å². The number of amides is 1. The Morgan fingerprint density at radius 2 is 1.82 bits per heavy atom. The van der Waals surface area contributed by atoms with E-state index in [1.54, 1.807) is 30.3 Å². The van der Waals surface area contributed by atoms with Crippen molar-refractivity contribution in [1.29, 1.82) is 0 Å². The maximum absolute atomic E-state index is 13.6. The molecule has 0 saturated carbocycles. The van der Waals surface area contributed by atoms with Crippen LogP contribution in [0.3, 0.4) is 0 Å². The van der Waals surface area contributed by atoms with Crippen LogP contribution in [0.15, 0.2) is 45.6 Å². The molecule has 33 heavy (non-hydrogen) atoms. The molecule has 8 nitrogen and oxygen atoms in total. The molecule has 1 aliphatic heterocycles. The lowest BCUT2D eigenvalue weighted by Gasteiger charge is -2.34. The fourth-order valence-corrected chi connectivity index (χ4v) is 4.39. The van der Waals surface area contributed by atoms with Crippen LogP contribution < -0.4 is 14.9 Å². The fraction of sp³-hybridized carbons (Fsp3) is 0.360. The number of carbonyl (C=O) groups excluding carboxylic acids is 1. The number of aryl methyl sites for hydroxylation is 1. The average molecular weight is 453 g/mol. The summed E-state index contributed by atoms with van der Waals surface area (Å²) in [6, 6.07) is 10.1. The third-order valence-corrected chi connectivity index (χ3v) is 6.07. The van der Waals surface area contributed by atoms with Gasteiger partial charge in [0.05, 0.1) is 19.6 Å². The van der Waals surface area contributed by atoms with Crippen molar-refractivity contribution in [3.8, 4) is 11.5 Å². The molecule has 0 aliphatic carbocycles. The molecule has 1 aromatic heterocycles. The van der Waals surface area contributed by atoms with Gasteiger partial charge >= 0.3 is 0 Å². The van der Waals surface area contributed by atoms with E-state index >= 15 is 0 Å². The number of rotatable bonds is 7. The third kappa shape index (κ3) is 3.55. The number of hydrogen-bond donors (Lipinski definition) is 1. The molecule has 1 aliphatic rings. The second-order valence-electron chi connectivity index (χ2n) is 8.44. The summed E-state index contributed by atoms with van der Waals surface area (Å²) in [5.41, 5.74) is -1.13. The van der Waals surface area contributed by atoms with Crippen LogP contribution in [0.1, 0.15) is 33.7 Å². The van der Waals surface area contributed by atoms with Gasteiger partial charge in [0, 0.05) is 12.1 Å². The highest BCUT2D eigenvalue weighted by Gasteiger charge is 2.54. The van der Waals surface area contributed by atoms with E-state index in [1.165, 1.54) is 19.1 Å². The van der Waals surface area contributed by atoms with Crippen LogP contribution in [0, 0.1) is 6.92 Å². The summed E-state index contributed by atoms with van der Waals surface area (Å²) in [7, 11) is 6.86. The van der Waals surface area contributed by atoms with Crippen molar-refractivity contribution in [2.75, 3.05) is 41.4 Å². The highest BCUT2D eigenvalue weighted by Crippen LogP contribution is 2.44. The number of hydrogen-bond acceptors (Lipinski definition) is 7. The molecule has 4 rings (SSSR count). The molecule has 1 unspecified atom stereocenters. The van der Waals surface area contributed by atoms with E-state index in [9.17, 15) is 14.7 Å². The van der Waals surface area contributed by atoms with Gasteiger partial charge in [0.25, 0.3) is 5.91 Å². The Balaban J connectivity index is 1.98. The van der Waals surface area contributed by atoms with Crippen LogP contribution >= 0.6 is 0 Å². The molecular formula is C25H28N2O6. The number of methoxy groups -OCH3 is 2. The Morgan fingerprint density at radius 3 is 2.48 bits per heavy atom. The minimum Gasteiger partial charge on any atom is -0.493 e. The highest BCUT2D eigenvalue weighted by atomic mass is 16.5. The predicted molar refractivity (Wildman–Crippen MR) is 124 cm³/mol. The first-order valence-corrected chi connectivity index (χ1v) is 10.7. The minimum absolute atomic E-state index is 0.0809. The van der Waals surface area contributed by atoms with E-state index in [4.69, 9.17) is 13.9 Å². The fourth-order valence-electron chi connectivity index (χ4n) is 4.39. The van der Waals surface area contributed by atoms with Crippen molar-refractivity contribution in [2.45, 2.75) is 19.1 Å². The smallest absolute Gasteiger partial charge is 0.293 e. The standard InChI is InChI=1S/C25H28N2O6/c1-15-8-6-9-17-21(28)20-23(33-22(15)17)24(29)27(13-7-12-26(2)3)25(20,30)16-10-11-18(31-4)19(14-16)32-5/h6,8-11,14,30H,7,12-13H2,1-5H3. The maximum atomic E-state index is 13.6. The Morgan fingerprint density at radius 1 is 1.09 bits per heavy atom. The lowest BCUT2D eigenvalue weighted by Crippen LogP contribution is -2.47. The summed E-state index contributed by atoms with van der Waals surface area (Å²) < 4.78 is 16.7. The van der Waals surface area contributed by atoms with E-state index in [-0.39, 0.29) is 17.9 Å². The summed E-state index contributed by atoms with van der Waals surface area (Å²) in [6.45, 7) is 2.73. The molecule has 8 heteroatoms. The molecule has 1 amide bonds. The Labute approximate surface area is 191 Å². The summed E-state index contributed by atoms with van der Waals surface area (Å²) in [5, 5.41) is 12.5. The lowest BCUT2D eigenvalue weighted by atomic mass is 9.93. The molecule has 2 heterocycles. The van der Waals surface area contributed by atoms with Gasteiger partial charge in [-0.2, -0.15) is 0 Å². The van der Waals surface area contributed by atoms with E-state index in [2.05, 4.69) is 0 Å². The quantitative estimate of drug-likeness (QED) is 0.589. The first-order chi connectivity index (χ1) is 15.7. The van der Waals surface area contributed by atoms with Crippen LogP contribution in [0.2, 0.25) is 0 Å². The van der Waals surface area contributed by atoms with Gasteiger partial charge in [0.15, 0.2) is 11.5 Å². The molecule has 174 valence electrons. The van der Waals surface area contributed by atoms with Gasteiger partial charge in [-0.3, -0.25) is 14.5 Å². The molecule has 0 radical (unpaired) electrons. The predicted octanol–water partition coefficient (Wildman–Crippen LogP) is 2.72. The zero-order valence-corrected chi connectivity index (χ0v) is 19.5. The normalized spacial score (nSPS) is 17.7. The molecule has 1 atom stereocenters. The minimum atomic E-state index is -2.02. The van der Waals surface area contributed by atoms with Crippen molar-refractivity contribution in [2.24, 2.45) is 0 Å². The zero-order valence-electron chi connectivity index (χ0n) is 19.5. The summed E-state index contributed by atoms with van der Waals surface area (Å²) in [5.74, 6) is 0.181. The molecule has 1 N–H and O–H groups in total. The number of benzene rings is 2. The van der Waals surface area contributed by atoms with Crippen LogP contribution in [-0.2, 0) is 5.72 Å². The summed E-state index contributed by atoms with van der Waals surface area (Å²) >= 11 is 0. The van der Waals surface area contributed by atoms with Gasteiger partial charge in [0.1, 0.15) is 11.1 Å². The van der Waals surface area contributed by atoms with Gasteiger partial charge < -0.3 is 23.9 Å².